The van der Waals surface area contributed by atoms with Gasteiger partial charge in [-0.1, -0.05) is 18.2 Å². The minimum absolute atomic E-state index is 0.132. The molecule has 0 aliphatic heterocycles. The van der Waals surface area contributed by atoms with Crippen molar-refractivity contribution >= 4 is 11.6 Å². The Kier molecular flexibility index (Phi) is 3.40. The molecule has 6 heteroatoms. The quantitative estimate of drug-likeness (QED) is 0.830. The molecule has 0 unspecified atom stereocenters. The minimum atomic E-state index is -4.41. The predicted octanol–water partition coefficient (Wildman–Crippen LogP) is 3.05. The molecule has 0 spiro atoms. The number of nitrogen functional groups attached to an aromatic ring is 1. The summed E-state index contributed by atoms with van der Waals surface area (Å²) in [5.74, 6) is -0.682. The molecule has 0 fully saturated rings. The number of primary amides is 1. The lowest BCUT2D eigenvalue weighted by Gasteiger charge is -2.10. The highest BCUT2D eigenvalue weighted by atomic mass is 19.4. The molecule has 0 saturated heterocycles. The van der Waals surface area contributed by atoms with Gasteiger partial charge in [-0.15, -0.1) is 0 Å². The van der Waals surface area contributed by atoms with E-state index in [0.29, 0.717) is 11.1 Å². The second kappa shape index (κ2) is 4.88. The lowest BCUT2D eigenvalue weighted by atomic mass is 10.0. The van der Waals surface area contributed by atoms with Gasteiger partial charge in [-0.05, 0) is 35.4 Å². The molecule has 0 saturated carbocycles. The Bertz CT molecular complexity index is 666. The van der Waals surface area contributed by atoms with E-state index in [-0.39, 0.29) is 11.3 Å². The zero-order valence-electron chi connectivity index (χ0n) is 10.2. The van der Waals surface area contributed by atoms with Gasteiger partial charge in [0, 0.05) is 5.69 Å². The van der Waals surface area contributed by atoms with Crippen LogP contribution in [-0.2, 0) is 6.18 Å². The summed E-state index contributed by atoms with van der Waals surface area (Å²) in [5, 5.41) is 0. The van der Waals surface area contributed by atoms with Crippen molar-refractivity contribution in [3.8, 4) is 11.1 Å². The number of hydrogen-bond donors (Lipinski definition) is 2. The molecule has 0 aliphatic carbocycles. The van der Waals surface area contributed by atoms with E-state index in [9.17, 15) is 18.0 Å². The average molecular weight is 280 g/mol. The van der Waals surface area contributed by atoms with E-state index in [1.165, 1.54) is 30.3 Å². The van der Waals surface area contributed by atoms with Gasteiger partial charge in [-0.2, -0.15) is 13.2 Å². The van der Waals surface area contributed by atoms with Gasteiger partial charge in [0.15, 0.2) is 0 Å². The molecule has 1 amide bonds. The molecule has 0 bridgehead atoms. The van der Waals surface area contributed by atoms with Gasteiger partial charge in [0.05, 0.1) is 11.1 Å². The van der Waals surface area contributed by atoms with Gasteiger partial charge in [-0.25, -0.2) is 0 Å². The summed E-state index contributed by atoms with van der Waals surface area (Å²) in [4.78, 5) is 11.0. The Labute approximate surface area is 113 Å². The van der Waals surface area contributed by atoms with Crippen LogP contribution in [0.15, 0.2) is 42.5 Å². The largest absolute Gasteiger partial charge is 0.416 e. The Morgan fingerprint density at radius 1 is 1.00 bits per heavy atom. The fourth-order valence-corrected chi connectivity index (χ4v) is 1.84. The zero-order valence-corrected chi connectivity index (χ0v) is 10.2. The van der Waals surface area contributed by atoms with Gasteiger partial charge in [0.2, 0.25) is 0 Å². The Hall–Kier alpha value is -2.50. The third-order valence-corrected chi connectivity index (χ3v) is 2.84. The maximum absolute atomic E-state index is 12.6. The van der Waals surface area contributed by atoms with E-state index in [4.69, 9.17) is 11.5 Å². The van der Waals surface area contributed by atoms with Crippen LogP contribution >= 0.6 is 0 Å². The number of hydrogen-bond acceptors (Lipinski definition) is 2. The fraction of sp³-hybridized carbons (Fsp3) is 0.0714. The number of rotatable bonds is 2. The standard InChI is InChI=1S/C14H11F3N2O/c15-14(16,17)10-3-1-2-8(6-10)9-4-5-11(13(19)20)12(18)7-9/h1-7H,18H2,(H2,19,20). The van der Waals surface area contributed by atoms with Crippen molar-refractivity contribution in [2.45, 2.75) is 6.18 Å². The lowest BCUT2D eigenvalue weighted by Crippen LogP contribution is -2.13. The van der Waals surface area contributed by atoms with Gasteiger partial charge >= 0.3 is 6.18 Å². The highest BCUT2D eigenvalue weighted by Gasteiger charge is 2.30. The number of nitrogens with two attached hydrogens (primary N) is 2. The summed E-state index contributed by atoms with van der Waals surface area (Å²) in [6.45, 7) is 0. The first-order valence-electron chi connectivity index (χ1n) is 5.66. The van der Waals surface area contributed by atoms with Gasteiger partial charge in [0.1, 0.15) is 0 Å². The number of amides is 1. The third kappa shape index (κ3) is 2.74. The van der Waals surface area contributed by atoms with Gasteiger partial charge in [0.25, 0.3) is 5.91 Å². The van der Waals surface area contributed by atoms with Crippen LogP contribution in [0.25, 0.3) is 11.1 Å². The molecule has 2 aromatic rings. The van der Waals surface area contributed by atoms with Crippen LogP contribution in [0.4, 0.5) is 18.9 Å². The summed E-state index contributed by atoms with van der Waals surface area (Å²) in [5.41, 5.74) is 11.2. The number of halogens is 3. The first-order valence-corrected chi connectivity index (χ1v) is 5.66. The molecule has 0 aliphatic rings. The maximum atomic E-state index is 12.6. The van der Waals surface area contributed by atoms with E-state index in [1.54, 1.807) is 0 Å². The molecule has 2 aromatic carbocycles. The summed E-state index contributed by atoms with van der Waals surface area (Å²) in [6.07, 6.45) is -4.41. The zero-order chi connectivity index (χ0) is 14.9. The Morgan fingerprint density at radius 3 is 2.20 bits per heavy atom. The highest BCUT2D eigenvalue weighted by Crippen LogP contribution is 2.32. The van der Waals surface area contributed by atoms with Crippen molar-refractivity contribution in [3.63, 3.8) is 0 Å². The SMILES string of the molecule is NC(=O)c1ccc(-c2cccc(C(F)(F)F)c2)cc1N. The number of alkyl halides is 3. The number of carbonyl (C=O) groups excluding carboxylic acids is 1. The van der Waals surface area contributed by atoms with Crippen molar-refractivity contribution in [3.05, 3.63) is 53.6 Å². The molecule has 0 aromatic heterocycles. The van der Waals surface area contributed by atoms with Crippen molar-refractivity contribution in [1.82, 2.24) is 0 Å². The molecular formula is C14H11F3N2O. The second-order valence-electron chi connectivity index (χ2n) is 4.24. The normalized spacial score (nSPS) is 11.3. The van der Waals surface area contributed by atoms with Crippen molar-refractivity contribution < 1.29 is 18.0 Å². The van der Waals surface area contributed by atoms with E-state index in [2.05, 4.69) is 0 Å². The maximum Gasteiger partial charge on any atom is 0.416 e. The monoisotopic (exact) mass is 280 g/mol. The van der Waals surface area contributed by atoms with Gasteiger partial charge < -0.3 is 11.5 Å². The molecular weight excluding hydrogens is 269 g/mol. The van der Waals surface area contributed by atoms with Gasteiger partial charge in [-0.3, -0.25) is 4.79 Å². The lowest BCUT2D eigenvalue weighted by molar-refractivity contribution is -0.137. The molecule has 2 rings (SSSR count). The van der Waals surface area contributed by atoms with Crippen LogP contribution in [-0.4, -0.2) is 5.91 Å². The minimum Gasteiger partial charge on any atom is -0.398 e. The fourth-order valence-electron chi connectivity index (χ4n) is 1.84. The van der Waals surface area contributed by atoms with Crippen LogP contribution in [0.1, 0.15) is 15.9 Å². The highest BCUT2D eigenvalue weighted by molar-refractivity contribution is 5.98. The van der Waals surface area contributed by atoms with E-state index in [1.807, 2.05) is 0 Å². The summed E-state index contributed by atoms with van der Waals surface area (Å²) in [7, 11) is 0. The van der Waals surface area contributed by atoms with E-state index >= 15 is 0 Å². The Balaban J connectivity index is 2.47. The molecule has 20 heavy (non-hydrogen) atoms. The molecule has 0 radical (unpaired) electrons. The summed E-state index contributed by atoms with van der Waals surface area (Å²) < 4.78 is 37.9. The van der Waals surface area contributed by atoms with Crippen molar-refractivity contribution in [1.29, 1.82) is 0 Å². The molecule has 104 valence electrons. The molecule has 0 heterocycles. The molecule has 0 atom stereocenters. The first kappa shape index (κ1) is 13.9. The summed E-state index contributed by atoms with van der Waals surface area (Å²) >= 11 is 0. The topological polar surface area (TPSA) is 69.1 Å². The van der Waals surface area contributed by atoms with Crippen molar-refractivity contribution in [2.24, 2.45) is 5.73 Å². The van der Waals surface area contributed by atoms with Crippen LogP contribution in [0.3, 0.4) is 0 Å². The third-order valence-electron chi connectivity index (χ3n) is 2.84. The Morgan fingerprint density at radius 2 is 1.65 bits per heavy atom. The van der Waals surface area contributed by atoms with Crippen molar-refractivity contribution in [2.75, 3.05) is 5.73 Å². The molecule has 4 N–H and O–H groups in total. The molecule has 3 nitrogen and oxygen atoms in total. The smallest absolute Gasteiger partial charge is 0.398 e. The van der Waals surface area contributed by atoms with Crippen LogP contribution < -0.4 is 11.5 Å². The average Bonchev–Trinajstić information content (AvgIpc) is 2.37. The van der Waals surface area contributed by atoms with Crippen LogP contribution in [0.5, 0.6) is 0 Å². The number of benzene rings is 2. The summed E-state index contributed by atoms with van der Waals surface area (Å²) in [6, 6.07) is 9.20. The van der Waals surface area contributed by atoms with Crippen LogP contribution in [0, 0.1) is 0 Å². The van der Waals surface area contributed by atoms with Crippen LogP contribution in [0.2, 0.25) is 0 Å². The second-order valence-corrected chi connectivity index (χ2v) is 4.24. The predicted molar refractivity (Wildman–Crippen MR) is 69.8 cm³/mol. The van der Waals surface area contributed by atoms with E-state index < -0.39 is 17.6 Å². The number of anilines is 1. The van der Waals surface area contributed by atoms with E-state index in [0.717, 1.165) is 12.1 Å². The first-order chi connectivity index (χ1) is 9.29. The number of carbonyl (C=O) groups is 1.